The molecule has 3 aromatic rings. The third-order valence-corrected chi connectivity index (χ3v) is 6.42. The fraction of sp³-hybridized carbons (Fsp3) is 0.370. The Balaban J connectivity index is 1.49. The second-order valence-electron chi connectivity index (χ2n) is 8.62. The number of benzene rings is 2. The molecule has 0 saturated heterocycles. The van der Waals surface area contributed by atoms with E-state index in [4.69, 9.17) is 0 Å². The van der Waals surface area contributed by atoms with Crippen molar-refractivity contribution in [1.82, 2.24) is 14.8 Å². The van der Waals surface area contributed by atoms with Gasteiger partial charge in [-0.1, -0.05) is 73.9 Å². The molecule has 4 heteroatoms. The van der Waals surface area contributed by atoms with Gasteiger partial charge in [0.1, 0.15) is 0 Å². The van der Waals surface area contributed by atoms with Gasteiger partial charge in [0.2, 0.25) is 0 Å². The lowest BCUT2D eigenvalue weighted by molar-refractivity contribution is 0.149. The van der Waals surface area contributed by atoms with Gasteiger partial charge in [-0.3, -0.25) is 0 Å². The number of hydrogen-bond donors (Lipinski definition) is 1. The first-order chi connectivity index (χ1) is 15.2. The van der Waals surface area contributed by atoms with Gasteiger partial charge in [0.05, 0.1) is 6.54 Å². The number of aryl methyl sites for hydroxylation is 1. The van der Waals surface area contributed by atoms with E-state index in [0.29, 0.717) is 19.1 Å². The molecule has 0 atom stereocenters. The molecule has 1 N–H and O–H groups in total. The molecule has 1 saturated carbocycles. The Labute approximate surface area is 185 Å². The number of nitrogens with zero attached hydrogens (tertiary/aromatic N) is 2. The zero-order valence-corrected chi connectivity index (χ0v) is 18.5. The minimum atomic E-state index is 0.0411. The van der Waals surface area contributed by atoms with Crippen LogP contribution in [0.3, 0.4) is 0 Å². The van der Waals surface area contributed by atoms with E-state index in [1.807, 2.05) is 18.2 Å². The van der Waals surface area contributed by atoms with E-state index in [1.165, 1.54) is 36.1 Å². The number of urea groups is 1. The van der Waals surface area contributed by atoms with E-state index in [0.717, 1.165) is 24.9 Å². The molecular weight excluding hydrogens is 382 g/mol. The fourth-order valence-electron chi connectivity index (χ4n) is 4.53. The average Bonchev–Trinajstić information content (AvgIpc) is 3.25. The SMILES string of the molecule is Cc1ccccc1Cn1cccc1CN(C(=O)NCc1ccccc1)C1CCCCC1. The number of rotatable bonds is 7. The Morgan fingerprint density at radius 1 is 0.968 bits per heavy atom. The van der Waals surface area contributed by atoms with Crippen LogP contribution in [0.2, 0.25) is 0 Å². The van der Waals surface area contributed by atoms with Gasteiger partial charge in [0, 0.05) is 31.0 Å². The van der Waals surface area contributed by atoms with Crippen LogP contribution in [0.15, 0.2) is 72.9 Å². The van der Waals surface area contributed by atoms with Crippen LogP contribution in [0, 0.1) is 6.92 Å². The van der Waals surface area contributed by atoms with Crippen molar-refractivity contribution in [3.8, 4) is 0 Å². The Hall–Kier alpha value is -3.01. The summed E-state index contributed by atoms with van der Waals surface area (Å²) >= 11 is 0. The topological polar surface area (TPSA) is 37.3 Å². The van der Waals surface area contributed by atoms with Gasteiger partial charge in [0.15, 0.2) is 0 Å². The standard InChI is InChI=1S/C27H33N3O/c1-22-11-8-9-14-24(22)20-29-18-10-17-26(29)21-30(25-15-6-3-7-16-25)27(31)28-19-23-12-4-2-5-13-23/h2,4-5,8-14,17-18,25H,3,6-7,15-16,19-21H2,1H3,(H,28,31). The van der Waals surface area contributed by atoms with Crippen molar-refractivity contribution in [3.05, 3.63) is 95.3 Å². The van der Waals surface area contributed by atoms with Crippen LogP contribution in [0.1, 0.15) is 54.5 Å². The molecule has 0 spiro atoms. The average molecular weight is 416 g/mol. The van der Waals surface area contributed by atoms with Crippen LogP contribution >= 0.6 is 0 Å². The highest BCUT2D eigenvalue weighted by Gasteiger charge is 2.26. The summed E-state index contributed by atoms with van der Waals surface area (Å²) in [5.74, 6) is 0. The summed E-state index contributed by atoms with van der Waals surface area (Å²) in [7, 11) is 0. The van der Waals surface area contributed by atoms with Gasteiger partial charge in [-0.05, 0) is 48.6 Å². The lowest BCUT2D eigenvalue weighted by Crippen LogP contribution is -2.46. The Morgan fingerprint density at radius 2 is 1.71 bits per heavy atom. The lowest BCUT2D eigenvalue weighted by atomic mass is 9.94. The van der Waals surface area contributed by atoms with Gasteiger partial charge in [-0.25, -0.2) is 4.79 Å². The summed E-state index contributed by atoms with van der Waals surface area (Å²) in [6.45, 7) is 4.19. The van der Waals surface area contributed by atoms with Crippen molar-refractivity contribution in [1.29, 1.82) is 0 Å². The number of amides is 2. The first-order valence-electron chi connectivity index (χ1n) is 11.5. The van der Waals surface area contributed by atoms with Crippen LogP contribution < -0.4 is 5.32 Å². The molecule has 1 heterocycles. The van der Waals surface area contributed by atoms with Crippen molar-refractivity contribution >= 4 is 6.03 Å². The Bertz CT molecular complexity index is 973. The summed E-state index contributed by atoms with van der Waals surface area (Å²) in [5.41, 5.74) is 4.93. The molecule has 162 valence electrons. The van der Waals surface area contributed by atoms with Crippen molar-refractivity contribution in [2.24, 2.45) is 0 Å². The van der Waals surface area contributed by atoms with Crippen molar-refractivity contribution in [2.75, 3.05) is 0 Å². The monoisotopic (exact) mass is 415 g/mol. The molecule has 0 unspecified atom stereocenters. The zero-order valence-electron chi connectivity index (χ0n) is 18.5. The maximum Gasteiger partial charge on any atom is 0.318 e. The molecule has 0 bridgehead atoms. The second kappa shape index (κ2) is 10.3. The van der Waals surface area contributed by atoms with Gasteiger partial charge in [0.25, 0.3) is 0 Å². The number of aromatic nitrogens is 1. The molecule has 2 aromatic carbocycles. The molecule has 31 heavy (non-hydrogen) atoms. The van der Waals surface area contributed by atoms with Crippen molar-refractivity contribution < 1.29 is 4.79 Å². The van der Waals surface area contributed by atoms with Crippen LogP contribution in [0.25, 0.3) is 0 Å². The van der Waals surface area contributed by atoms with E-state index >= 15 is 0 Å². The number of carbonyl (C=O) groups is 1. The summed E-state index contributed by atoms with van der Waals surface area (Å²) < 4.78 is 2.28. The lowest BCUT2D eigenvalue weighted by Gasteiger charge is -2.34. The van der Waals surface area contributed by atoms with Gasteiger partial charge in [-0.15, -0.1) is 0 Å². The molecule has 0 aliphatic heterocycles. The third-order valence-electron chi connectivity index (χ3n) is 6.42. The fourth-order valence-corrected chi connectivity index (χ4v) is 4.53. The first kappa shape index (κ1) is 21.2. The minimum Gasteiger partial charge on any atom is -0.345 e. The summed E-state index contributed by atoms with van der Waals surface area (Å²) in [4.78, 5) is 15.3. The highest BCUT2D eigenvalue weighted by molar-refractivity contribution is 5.74. The summed E-state index contributed by atoms with van der Waals surface area (Å²) in [6.07, 6.45) is 8.01. The second-order valence-corrected chi connectivity index (χ2v) is 8.62. The minimum absolute atomic E-state index is 0.0411. The molecular formula is C27H33N3O. The van der Waals surface area contributed by atoms with Crippen molar-refractivity contribution in [2.45, 2.75) is 64.7 Å². The maximum absolute atomic E-state index is 13.3. The largest absolute Gasteiger partial charge is 0.345 e. The van der Waals surface area contributed by atoms with E-state index in [-0.39, 0.29) is 6.03 Å². The van der Waals surface area contributed by atoms with Gasteiger partial charge < -0.3 is 14.8 Å². The predicted molar refractivity (Wildman–Crippen MR) is 126 cm³/mol. The first-order valence-corrected chi connectivity index (χ1v) is 11.5. The molecule has 1 aliphatic carbocycles. The van der Waals surface area contributed by atoms with Crippen LogP contribution in [0.5, 0.6) is 0 Å². The zero-order chi connectivity index (χ0) is 21.5. The van der Waals surface area contributed by atoms with E-state index in [1.54, 1.807) is 0 Å². The number of nitrogens with one attached hydrogen (secondary N) is 1. The summed E-state index contributed by atoms with van der Waals surface area (Å²) in [5, 5.41) is 3.16. The van der Waals surface area contributed by atoms with E-state index < -0.39 is 0 Å². The highest BCUT2D eigenvalue weighted by atomic mass is 16.2. The molecule has 1 aliphatic rings. The smallest absolute Gasteiger partial charge is 0.318 e. The Morgan fingerprint density at radius 3 is 2.48 bits per heavy atom. The molecule has 1 fully saturated rings. The normalized spacial score (nSPS) is 14.4. The van der Waals surface area contributed by atoms with Crippen LogP contribution in [0.4, 0.5) is 4.79 Å². The molecule has 2 amide bonds. The molecule has 4 nitrogen and oxygen atoms in total. The van der Waals surface area contributed by atoms with Crippen molar-refractivity contribution in [3.63, 3.8) is 0 Å². The maximum atomic E-state index is 13.3. The quantitative estimate of drug-likeness (QED) is 0.513. The van der Waals surface area contributed by atoms with Crippen LogP contribution in [-0.2, 0) is 19.6 Å². The molecule has 0 radical (unpaired) electrons. The number of hydrogen-bond acceptors (Lipinski definition) is 1. The van der Waals surface area contributed by atoms with Gasteiger partial charge in [-0.2, -0.15) is 0 Å². The van der Waals surface area contributed by atoms with E-state index in [2.05, 4.69) is 76.4 Å². The predicted octanol–water partition coefficient (Wildman–Crippen LogP) is 5.89. The Kier molecular flexibility index (Phi) is 7.08. The number of carbonyl (C=O) groups excluding carboxylic acids is 1. The van der Waals surface area contributed by atoms with Gasteiger partial charge >= 0.3 is 6.03 Å². The van der Waals surface area contributed by atoms with E-state index in [9.17, 15) is 4.79 Å². The molecule has 1 aromatic heterocycles. The highest BCUT2D eigenvalue weighted by Crippen LogP contribution is 2.25. The summed E-state index contributed by atoms with van der Waals surface area (Å²) in [6, 6.07) is 23.2. The third kappa shape index (κ3) is 5.57. The van der Waals surface area contributed by atoms with Crippen LogP contribution in [-0.4, -0.2) is 21.5 Å². The molecule has 4 rings (SSSR count).